The lowest BCUT2D eigenvalue weighted by atomic mass is 9.88. The van der Waals surface area contributed by atoms with Crippen molar-refractivity contribution >= 4 is 43.7 Å². The highest BCUT2D eigenvalue weighted by Gasteiger charge is 2.33. The molecule has 10 nitrogen and oxygen atoms in total. The number of carbonyl (C=O) groups excluding carboxylic acids is 2. The summed E-state index contributed by atoms with van der Waals surface area (Å²) in [7, 11) is -3.15. The summed E-state index contributed by atoms with van der Waals surface area (Å²) in [5.41, 5.74) is 1.01. The van der Waals surface area contributed by atoms with Crippen LogP contribution in [0, 0.1) is 16.0 Å². The van der Waals surface area contributed by atoms with Gasteiger partial charge in [-0.15, -0.1) is 11.3 Å². The molecule has 1 aromatic carbocycles. The lowest BCUT2D eigenvalue weighted by molar-refractivity contribution is -0.385. The third-order valence-electron chi connectivity index (χ3n) is 5.98. The zero-order chi connectivity index (χ0) is 24.5. The summed E-state index contributed by atoms with van der Waals surface area (Å²) >= 11 is 1.33. The van der Waals surface area contributed by atoms with Crippen molar-refractivity contribution in [3.63, 3.8) is 0 Å². The van der Waals surface area contributed by atoms with Crippen molar-refractivity contribution in [2.45, 2.75) is 38.6 Å². The van der Waals surface area contributed by atoms with E-state index in [0.29, 0.717) is 29.3 Å². The molecular formula is C22H25N3O7S2. The number of amides is 2. The second-order valence-electron chi connectivity index (χ2n) is 8.69. The minimum absolute atomic E-state index is 0.0256. The number of nitro groups is 1. The number of sulfone groups is 1. The summed E-state index contributed by atoms with van der Waals surface area (Å²) in [6, 6.07) is 5.31. The van der Waals surface area contributed by atoms with E-state index in [1.54, 1.807) is 6.07 Å². The van der Waals surface area contributed by atoms with Crippen LogP contribution in [0.15, 0.2) is 24.3 Å². The summed E-state index contributed by atoms with van der Waals surface area (Å²) in [5, 5.41) is 17.1. The monoisotopic (exact) mass is 507 g/mol. The molecule has 2 atom stereocenters. The standard InChI is InChI=1S/C22H25N3O7S2/c1-13-6-7-15-18(10-13)33-22(20(15)21(27)23-14-8-9-34(30,31)12-14)24-19(26)11-32-17-5-3-2-4-16(17)25(28)29/h2-5,13-14H,6-12H2,1H3,(H,23,27)(H,24,26). The molecule has 1 aliphatic carbocycles. The highest BCUT2D eigenvalue weighted by Crippen LogP contribution is 2.40. The summed E-state index contributed by atoms with van der Waals surface area (Å²) in [6.45, 7) is 1.66. The Morgan fingerprint density at radius 2 is 2.03 bits per heavy atom. The molecule has 34 heavy (non-hydrogen) atoms. The fourth-order valence-electron chi connectivity index (χ4n) is 4.28. The van der Waals surface area contributed by atoms with E-state index in [1.165, 1.54) is 29.5 Å². The molecule has 0 saturated carbocycles. The highest BCUT2D eigenvalue weighted by molar-refractivity contribution is 7.91. The van der Waals surface area contributed by atoms with E-state index < -0.39 is 39.2 Å². The average molecular weight is 508 g/mol. The molecule has 2 aliphatic rings. The highest BCUT2D eigenvalue weighted by atomic mass is 32.2. The second-order valence-corrected chi connectivity index (χ2v) is 12.0. The number of nitrogens with one attached hydrogen (secondary N) is 2. The van der Waals surface area contributed by atoms with Gasteiger partial charge in [0.25, 0.3) is 11.8 Å². The number of hydrogen-bond acceptors (Lipinski definition) is 8. The van der Waals surface area contributed by atoms with Gasteiger partial charge in [-0.25, -0.2) is 8.42 Å². The fourth-order valence-corrected chi connectivity index (χ4v) is 7.38. The first-order valence-corrected chi connectivity index (χ1v) is 13.6. The van der Waals surface area contributed by atoms with E-state index in [2.05, 4.69) is 17.6 Å². The van der Waals surface area contributed by atoms with Crippen molar-refractivity contribution in [3.8, 4) is 5.75 Å². The van der Waals surface area contributed by atoms with E-state index >= 15 is 0 Å². The maximum atomic E-state index is 13.2. The topological polar surface area (TPSA) is 145 Å². The zero-order valence-corrected chi connectivity index (χ0v) is 20.2. The quantitative estimate of drug-likeness (QED) is 0.433. The predicted octanol–water partition coefficient (Wildman–Crippen LogP) is 2.72. The van der Waals surface area contributed by atoms with Crippen LogP contribution in [0.25, 0.3) is 0 Å². The molecular weight excluding hydrogens is 482 g/mol. The van der Waals surface area contributed by atoms with Gasteiger partial charge in [0.1, 0.15) is 5.00 Å². The maximum Gasteiger partial charge on any atom is 0.310 e. The third kappa shape index (κ3) is 5.39. The molecule has 1 aromatic heterocycles. The van der Waals surface area contributed by atoms with E-state index in [9.17, 15) is 28.1 Å². The summed E-state index contributed by atoms with van der Waals surface area (Å²) in [6.07, 6.45) is 2.76. The van der Waals surface area contributed by atoms with Crippen molar-refractivity contribution in [2.75, 3.05) is 23.4 Å². The summed E-state index contributed by atoms with van der Waals surface area (Å²) < 4.78 is 28.9. The second kappa shape index (κ2) is 9.71. The van der Waals surface area contributed by atoms with Gasteiger partial charge in [0.2, 0.25) is 0 Å². The SMILES string of the molecule is CC1CCc2c(sc(NC(=O)COc3ccccc3[N+](=O)[O-])c2C(=O)NC2CCS(=O)(=O)C2)C1. The Hall–Kier alpha value is -2.99. The van der Waals surface area contributed by atoms with Crippen molar-refractivity contribution in [1.29, 1.82) is 0 Å². The first kappa shape index (κ1) is 24.1. The Bertz CT molecular complexity index is 1240. The van der Waals surface area contributed by atoms with Crippen LogP contribution < -0.4 is 15.4 Å². The minimum atomic E-state index is -3.15. The average Bonchev–Trinajstić information content (AvgIpc) is 3.30. The molecule has 12 heteroatoms. The number of rotatable bonds is 7. The molecule has 182 valence electrons. The van der Waals surface area contributed by atoms with Crippen LogP contribution in [-0.2, 0) is 27.5 Å². The normalized spacial score (nSPS) is 20.9. The first-order chi connectivity index (χ1) is 16.1. The number of nitro benzene ring substituents is 1. The number of anilines is 1. The van der Waals surface area contributed by atoms with Gasteiger partial charge in [-0.2, -0.15) is 0 Å². The lowest BCUT2D eigenvalue weighted by Gasteiger charge is -2.19. The Morgan fingerprint density at radius 1 is 1.26 bits per heavy atom. The van der Waals surface area contributed by atoms with Crippen molar-refractivity contribution in [2.24, 2.45) is 5.92 Å². The van der Waals surface area contributed by atoms with Crippen LogP contribution in [0.1, 0.15) is 40.6 Å². The van der Waals surface area contributed by atoms with Gasteiger partial charge < -0.3 is 15.4 Å². The summed E-state index contributed by atoms with van der Waals surface area (Å²) in [5.74, 6) is -0.571. The number of thiophene rings is 1. The number of para-hydroxylation sites is 2. The molecule has 2 amide bonds. The predicted molar refractivity (Wildman–Crippen MR) is 127 cm³/mol. The molecule has 2 N–H and O–H groups in total. The number of nitrogens with zero attached hydrogens (tertiary/aromatic N) is 1. The minimum Gasteiger partial charge on any atom is -0.477 e. The van der Waals surface area contributed by atoms with E-state index in [4.69, 9.17) is 4.74 Å². The number of ether oxygens (including phenoxy) is 1. The van der Waals surface area contributed by atoms with Crippen molar-refractivity contribution in [1.82, 2.24) is 5.32 Å². The molecule has 2 heterocycles. The number of carbonyl (C=O) groups is 2. The van der Waals surface area contributed by atoms with Gasteiger partial charge in [0.05, 0.1) is 22.0 Å². The Labute approximate surface area is 200 Å². The molecule has 1 aliphatic heterocycles. The van der Waals surface area contributed by atoms with E-state index in [1.807, 2.05) is 0 Å². The molecule has 0 spiro atoms. The van der Waals surface area contributed by atoms with Gasteiger partial charge >= 0.3 is 5.69 Å². The lowest BCUT2D eigenvalue weighted by Crippen LogP contribution is -2.36. The van der Waals surface area contributed by atoms with Gasteiger partial charge in [-0.05, 0) is 43.2 Å². The largest absolute Gasteiger partial charge is 0.477 e. The van der Waals surface area contributed by atoms with Gasteiger partial charge in [0.15, 0.2) is 22.2 Å². The van der Waals surface area contributed by atoms with Gasteiger partial charge in [-0.1, -0.05) is 19.1 Å². The van der Waals surface area contributed by atoms with Crippen LogP contribution in [0.4, 0.5) is 10.7 Å². The Morgan fingerprint density at radius 3 is 2.74 bits per heavy atom. The van der Waals surface area contributed by atoms with Crippen LogP contribution in [0.3, 0.4) is 0 Å². The zero-order valence-electron chi connectivity index (χ0n) is 18.5. The number of benzene rings is 1. The van der Waals surface area contributed by atoms with E-state index in [0.717, 1.165) is 23.3 Å². The Balaban J connectivity index is 1.51. The van der Waals surface area contributed by atoms with Gasteiger partial charge in [-0.3, -0.25) is 19.7 Å². The molecule has 2 aromatic rings. The molecule has 0 bridgehead atoms. The Kier molecular flexibility index (Phi) is 6.89. The number of hydrogen-bond donors (Lipinski definition) is 2. The van der Waals surface area contributed by atoms with Crippen molar-refractivity contribution < 1.29 is 27.7 Å². The van der Waals surface area contributed by atoms with Crippen LogP contribution >= 0.6 is 11.3 Å². The fraction of sp³-hybridized carbons (Fsp3) is 0.455. The van der Waals surface area contributed by atoms with Crippen LogP contribution in [0.2, 0.25) is 0 Å². The molecule has 2 unspecified atom stereocenters. The maximum absolute atomic E-state index is 13.2. The first-order valence-electron chi connectivity index (χ1n) is 10.9. The van der Waals surface area contributed by atoms with Gasteiger partial charge in [0, 0.05) is 17.0 Å². The smallest absolute Gasteiger partial charge is 0.310 e. The van der Waals surface area contributed by atoms with Crippen LogP contribution in [-0.4, -0.2) is 49.3 Å². The number of fused-ring (bicyclic) bond motifs is 1. The molecule has 1 fully saturated rings. The molecule has 0 radical (unpaired) electrons. The van der Waals surface area contributed by atoms with Crippen LogP contribution in [0.5, 0.6) is 5.75 Å². The van der Waals surface area contributed by atoms with E-state index in [-0.39, 0.29) is 22.9 Å². The molecule has 1 saturated heterocycles. The van der Waals surface area contributed by atoms with Crippen molar-refractivity contribution in [3.05, 3.63) is 50.4 Å². The molecule has 4 rings (SSSR count). The third-order valence-corrected chi connectivity index (χ3v) is 8.92. The summed E-state index contributed by atoms with van der Waals surface area (Å²) in [4.78, 5) is 37.4.